The van der Waals surface area contributed by atoms with Crippen LogP contribution in [0.1, 0.15) is 84.7 Å². The first-order valence-electron chi connectivity index (χ1n) is 9.85. The van der Waals surface area contributed by atoms with Crippen molar-refractivity contribution >= 4 is 5.91 Å². The molecule has 4 rings (SSSR count). The molecule has 0 spiro atoms. The van der Waals surface area contributed by atoms with Crippen LogP contribution >= 0.6 is 0 Å². The zero-order valence-corrected chi connectivity index (χ0v) is 15.8. The third kappa shape index (κ3) is 3.40. The molecular formula is C19H25N5O3. The molecule has 1 saturated carbocycles. The van der Waals surface area contributed by atoms with Crippen LogP contribution in [-0.4, -0.2) is 44.2 Å². The van der Waals surface area contributed by atoms with Gasteiger partial charge in [-0.15, -0.1) is 0 Å². The van der Waals surface area contributed by atoms with Gasteiger partial charge in [-0.2, -0.15) is 10.1 Å². The molecule has 1 N–H and O–H groups in total. The fourth-order valence-corrected chi connectivity index (χ4v) is 3.83. The molecule has 2 aliphatic rings. The maximum Gasteiger partial charge on any atom is 0.277 e. The minimum absolute atomic E-state index is 0.199. The predicted molar refractivity (Wildman–Crippen MR) is 97.8 cm³/mol. The van der Waals surface area contributed by atoms with E-state index in [1.54, 1.807) is 4.90 Å². The second-order valence-electron chi connectivity index (χ2n) is 7.39. The summed E-state index contributed by atoms with van der Waals surface area (Å²) in [6, 6.07) is 0. The summed E-state index contributed by atoms with van der Waals surface area (Å²) >= 11 is 0. The summed E-state index contributed by atoms with van der Waals surface area (Å²) in [6.45, 7) is 5.10. The Kier molecular flexibility index (Phi) is 4.80. The molecule has 1 saturated heterocycles. The summed E-state index contributed by atoms with van der Waals surface area (Å²) in [6.07, 6.45) is 5.12. The molecule has 0 bridgehead atoms. The molecule has 0 aromatic carbocycles. The Balaban J connectivity index is 1.48. The Hall–Kier alpha value is -2.51. The van der Waals surface area contributed by atoms with Crippen molar-refractivity contribution in [1.82, 2.24) is 25.2 Å². The van der Waals surface area contributed by atoms with Crippen molar-refractivity contribution in [2.24, 2.45) is 0 Å². The van der Waals surface area contributed by atoms with Gasteiger partial charge in [0.15, 0.2) is 5.82 Å². The fraction of sp³-hybridized carbons (Fsp3) is 0.632. The lowest BCUT2D eigenvalue weighted by molar-refractivity contribution is 0.0707. The van der Waals surface area contributed by atoms with Crippen molar-refractivity contribution in [3.05, 3.63) is 38.9 Å². The number of piperidine rings is 1. The van der Waals surface area contributed by atoms with Crippen LogP contribution < -0.4 is 5.56 Å². The fourth-order valence-electron chi connectivity index (χ4n) is 3.83. The number of aryl methyl sites for hydroxylation is 1. The van der Waals surface area contributed by atoms with Crippen LogP contribution in [0.4, 0.5) is 0 Å². The van der Waals surface area contributed by atoms with Crippen LogP contribution in [0.25, 0.3) is 0 Å². The van der Waals surface area contributed by atoms with E-state index in [0.29, 0.717) is 31.8 Å². The number of hydrogen-bond acceptors (Lipinski definition) is 6. The average molecular weight is 371 g/mol. The van der Waals surface area contributed by atoms with Gasteiger partial charge in [-0.3, -0.25) is 9.59 Å². The zero-order chi connectivity index (χ0) is 19.0. The number of H-pyrrole nitrogens is 1. The van der Waals surface area contributed by atoms with Crippen LogP contribution in [0.3, 0.4) is 0 Å². The van der Waals surface area contributed by atoms with Crippen LogP contribution in [0, 0.1) is 0 Å². The molecule has 0 radical (unpaired) electrons. The molecule has 0 atom stereocenters. The van der Waals surface area contributed by atoms with Gasteiger partial charge in [0.2, 0.25) is 5.89 Å². The summed E-state index contributed by atoms with van der Waals surface area (Å²) in [4.78, 5) is 31.7. The Labute approximate surface area is 157 Å². The monoisotopic (exact) mass is 371 g/mol. The minimum atomic E-state index is -0.400. The first-order chi connectivity index (χ1) is 13.1. The molecule has 8 nitrogen and oxygen atoms in total. The van der Waals surface area contributed by atoms with Crippen molar-refractivity contribution in [1.29, 1.82) is 0 Å². The van der Waals surface area contributed by atoms with Gasteiger partial charge in [-0.25, -0.2) is 5.10 Å². The quantitative estimate of drug-likeness (QED) is 0.864. The number of carbonyl (C=O) groups is 1. The molecule has 1 aliphatic heterocycles. The largest absolute Gasteiger partial charge is 0.339 e. The van der Waals surface area contributed by atoms with Gasteiger partial charge < -0.3 is 9.42 Å². The van der Waals surface area contributed by atoms with Crippen molar-refractivity contribution in [3.63, 3.8) is 0 Å². The lowest BCUT2D eigenvalue weighted by atomic mass is 9.95. The van der Waals surface area contributed by atoms with Gasteiger partial charge in [0.05, 0.1) is 5.69 Å². The number of hydrogen-bond donors (Lipinski definition) is 1. The van der Waals surface area contributed by atoms with Crippen molar-refractivity contribution in [2.45, 2.75) is 64.2 Å². The number of nitrogens with one attached hydrogen (secondary N) is 1. The second-order valence-corrected chi connectivity index (χ2v) is 7.39. The number of rotatable bonds is 5. The summed E-state index contributed by atoms with van der Waals surface area (Å²) in [5, 5.41) is 10.7. The topological polar surface area (TPSA) is 105 Å². The van der Waals surface area contributed by atoms with Crippen LogP contribution in [0.5, 0.6) is 0 Å². The number of aromatic amines is 1. The summed E-state index contributed by atoms with van der Waals surface area (Å²) < 4.78 is 5.36. The molecule has 2 aromatic heterocycles. The molecule has 27 heavy (non-hydrogen) atoms. The summed E-state index contributed by atoms with van der Waals surface area (Å²) in [5.41, 5.74) is 1.40. The third-order valence-corrected chi connectivity index (χ3v) is 5.60. The first-order valence-corrected chi connectivity index (χ1v) is 9.85. The van der Waals surface area contributed by atoms with E-state index >= 15 is 0 Å². The van der Waals surface area contributed by atoms with Gasteiger partial charge >= 0.3 is 0 Å². The lowest BCUT2D eigenvalue weighted by Crippen LogP contribution is -2.41. The van der Waals surface area contributed by atoms with Gasteiger partial charge in [-0.05, 0) is 44.1 Å². The van der Waals surface area contributed by atoms with E-state index in [1.807, 2.05) is 13.8 Å². The summed E-state index contributed by atoms with van der Waals surface area (Å²) in [7, 11) is 0. The smallest absolute Gasteiger partial charge is 0.277 e. The number of carbonyl (C=O) groups excluding carboxylic acids is 1. The van der Waals surface area contributed by atoms with Gasteiger partial charge in [0.25, 0.3) is 11.5 Å². The van der Waals surface area contributed by atoms with E-state index in [4.69, 9.17) is 4.52 Å². The van der Waals surface area contributed by atoms with E-state index < -0.39 is 5.56 Å². The maximum atomic E-state index is 13.0. The van der Waals surface area contributed by atoms with E-state index in [0.717, 1.165) is 48.7 Å². The van der Waals surface area contributed by atoms with Crippen molar-refractivity contribution in [3.8, 4) is 0 Å². The number of likely N-dealkylation sites (tertiary alicyclic amines) is 1. The molecular weight excluding hydrogens is 346 g/mol. The molecule has 1 amide bonds. The van der Waals surface area contributed by atoms with Gasteiger partial charge in [-0.1, -0.05) is 19.0 Å². The standard InChI is InChI=1S/C19H25N5O3/c1-3-13-14(4-2)21-22-17(25)15(13)19(26)24-9-7-11(8-10-24)16-20-18(27-23-16)12-5-6-12/h11-12H,3-10H2,1-2H3,(H,22,25). The highest BCUT2D eigenvalue weighted by Crippen LogP contribution is 2.39. The molecule has 0 unspecified atom stereocenters. The SMILES string of the molecule is CCc1n[nH]c(=O)c(C(=O)N2CCC(c3noc(C4CC4)n3)CC2)c1CC. The predicted octanol–water partition coefficient (Wildman–Crippen LogP) is 2.17. The van der Waals surface area contributed by atoms with Gasteiger partial charge in [0.1, 0.15) is 5.56 Å². The van der Waals surface area contributed by atoms with E-state index in [1.165, 1.54) is 0 Å². The number of nitrogens with zero attached hydrogens (tertiary/aromatic N) is 4. The molecule has 2 aromatic rings. The van der Waals surface area contributed by atoms with Crippen molar-refractivity contribution < 1.29 is 9.32 Å². The second kappa shape index (κ2) is 7.25. The summed E-state index contributed by atoms with van der Waals surface area (Å²) in [5.74, 6) is 1.97. The highest BCUT2D eigenvalue weighted by atomic mass is 16.5. The Morgan fingerprint density at radius 1 is 1.15 bits per heavy atom. The van der Waals surface area contributed by atoms with E-state index in [2.05, 4.69) is 20.3 Å². The highest BCUT2D eigenvalue weighted by Gasteiger charge is 2.33. The normalized spacial score (nSPS) is 18.1. The first kappa shape index (κ1) is 17.9. The van der Waals surface area contributed by atoms with E-state index in [-0.39, 0.29) is 17.4 Å². The molecule has 1 aliphatic carbocycles. The number of aromatic nitrogens is 4. The van der Waals surface area contributed by atoms with Crippen LogP contribution in [0.2, 0.25) is 0 Å². The Morgan fingerprint density at radius 3 is 2.52 bits per heavy atom. The third-order valence-electron chi connectivity index (χ3n) is 5.60. The van der Waals surface area contributed by atoms with Crippen molar-refractivity contribution in [2.75, 3.05) is 13.1 Å². The highest BCUT2D eigenvalue weighted by molar-refractivity contribution is 5.95. The Morgan fingerprint density at radius 2 is 1.89 bits per heavy atom. The molecule has 8 heteroatoms. The zero-order valence-electron chi connectivity index (χ0n) is 15.8. The van der Waals surface area contributed by atoms with Gasteiger partial charge in [0, 0.05) is 24.9 Å². The lowest BCUT2D eigenvalue weighted by Gasteiger charge is -2.31. The maximum absolute atomic E-state index is 13.0. The average Bonchev–Trinajstić information content (AvgIpc) is 3.44. The van der Waals surface area contributed by atoms with E-state index in [9.17, 15) is 9.59 Å². The van der Waals surface area contributed by atoms with Crippen LogP contribution in [-0.2, 0) is 12.8 Å². The van der Waals surface area contributed by atoms with Crippen LogP contribution in [0.15, 0.2) is 9.32 Å². The molecule has 144 valence electrons. The minimum Gasteiger partial charge on any atom is -0.339 e. The molecule has 2 fully saturated rings. The Bertz CT molecular complexity index is 891. The molecule has 3 heterocycles. The number of amides is 1.